The fraction of sp³-hybridized carbons (Fsp3) is 0.522. The molecule has 0 amide bonds. The van der Waals surface area contributed by atoms with Crippen LogP contribution in [0.5, 0.6) is 23.1 Å². The minimum absolute atomic E-state index is 0.167. The average molecular weight is 462 g/mol. The number of esters is 1. The predicted molar refractivity (Wildman–Crippen MR) is 120 cm³/mol. The van der Waals surface area contributed by atoms with Crippen molar-refractivity contribution in [3.8, 4) is 34.5 Å². The number of nitrogens with zero attached hydrogens (tertiary/aromatic N) is 1. The molecule has 0 saturated heterocycles. The van der Waals surface area contributed by atoms with E-state index in [1.54, 1.807) is 13.2 Å². The van der Waals surface area contributed by atoms with E-state index in [1.165, 1.54) is 7.11 Å². The molecule has 180 valence electrons. The lowest BCUT2D eigenvalue weighted by molar-refractivity contribution is 0.0594. The Bertz CT molecular complexity index is 1090. The smallest absolute Gasteiger partial charge is 0.347 e. The quantitative estimate of drug-likeness (QED) is 0.471. The van der Waals surface area contributed by atoms with Gasteiger partial charge in [-0.3, -0.25) is 4.79 Å². The van der Waals surface area contributed by atoms with Gasteiger partial charge >= 0.3 is 5.97 Å². The number of ether oxygens (including phenoxy) is 5. The summed E-state index contributed by atoms with van der Waals surface area (Å²) in [5.74, 6) is -0.851. The molecule has 0 aliphatic carbocycles. The molecule has 2 aromatic heterocycles. The Morgan fingerprint density at radius 1 is 1.27 bits per heavy atom. The van der Waals surface area contributed by atoms with Crippen LogP contribution >= 0.6 is 0 Å². The molecule has 3 heterocycles. The van der Waals surface area contributed by atoms with Gasteiger partial charge in [-0.05, 0) is 5.41 Å². The highest BCUT2D eigenvalue weighted by Crippen LogP contribution is 2.49. The number of aromatic amines is 1. The SMILES string of the molecule is COCCCOc1cc2c(nc1OC)-c1[nH]c(=O)c(C(=O)OC)c(O)c1[C@@H](C(C)(C)C)CO2. The second-order valence-corrected chi connectivity index (χ2v) is 8.72. The first-order chi connectivity index (χ1) is 15.6. The molecule has 33 heavy (non-hydrogen) atoms. The van der Waals surface area contributed by atoms with Gasteiger partial charge in [0.25, 0.3) is 11.4 Å². The molecular formula is C23H30N2O8. The lowest BCUT2D eigenvalue weighted by Crippen LogP contribution is -2.27. The van der Waals surface area contributed by atoms with E-state index in [0.29, 0.717) is 36.7 Å². The van der Waals surface area contributed by atoms with Crippen LogP contribution in [0.25, 0.3) is 11.4 Å². The normalized spacial score (nSPS) is 15.0. The first kappa shape index (κ1) is 24.4. The van der Waals surface area contributed by atoms with Crippen LogP contribution in [0.2, 0.25) is 0 Å². The van der Waals surface area contributed by atoms with Crippen LogP contribution < -0.4 is 19.8 Å². The summed E-state index contributed by atoms with van der Waals surface area (Å²) in [4.78, 5) is 32.2. The summed E-state index contributed by atoms with van der Waals surface area (Å²) < 4.78 is 27.0. The molecular weight excluding hydrogens is 432 g/mol. The van der Waals surface area contributed by atoms with Crippen molar-refractivity contribution in [2.75, 3.05) is 41.2 Å². The Morgan fingerprint density at radius 2 is 2.00 bits per heavy atom. The summed E-state index contributed by atoms with van der Waals surface area (Å²) in [6, 6.07) is 1.65. The molecule has 3 rings (SSSR count). The van der Waals surface area contributed by atoms with Crippen molar-refractivity contribution in [3.63, 3.8) is 0 Å². The van der Waals surface area contributed by atoms with Gasteiger partial charge in [0.15, 0.2) is 17.1 Å². The highest BCUT2D eigenvalue weighted by Gasteiger charge is 2.38. The van der Waals surface area contributed by atoms with Crippen molar-refractivity contribution in [1.29, 1.82) is 0 Å². The van der Waals surface area contributed by atoms with Gasteiger partial charge in [-0.15, -0.1) is 0 Å². The number of carbonyl (C=O) groups excluding carboxylic acids is 1. The molecule has 2 aromatic rings. The molecule has 10 nitrogen and oxygen atoms in total. The van der Waals surface area contributed by atoms with E-state index in [0.717, 1.165) is 7.11 Å². The number of hydrogen-bond acceptors (Lipinski definition) is 9. The minimum atomic E-state index is -0.931. The van der Waals surface area contributed by atoms with E-state index >= 15 is 0 Å². The van der Waals surface area contributed by atoms with Crippen molar-refractivity contribution in [2.24, 2.45) is 5.41 Å². The van der Waals surface area contributed by atoms with E-state index in [-0.39, 0.29) is 29.8 Å². The monoisotopic (exact) mass is 462 g/mol. The number of aromatic nitrogens is 2. The van der Waals surface area contributed by atoms with Crippen LogP contribution in [-0.2, 0) is 9.47 Å². The van der Waals surface area contributed by atoms with E-state index in [1.807, 2.05) is 20.8 Å². The summed E-state index contributed by atoms with van der Waals surface area (Å²) in [5, 5.41) is 11.1. The zero-order valence-corrected chi connectivity index (χ0v) is 19.7. The number of hydrogen-bond donors (Lipinski definition) is 2. The number of rotatable bonds is 7. The largest absolute Gasteiger partial charge is 0.506 e. The maximum Gasteiger partial charge on any atom is 0.347 e. The van der Waals surface area contributed by atoms with Gasteiger partial charge in [0.2, 0.25) is 0 Å². The third kappa shape index (κ3) is 4.75. The number of carbonyl (C=O) groups is 1. The van der Waals surface area contributed by atoms with Crippen molar-refractivity contribution >= 4 is 5.97 Å². The zero-order chi connectivity index (χ0) is 24.3. The molecule has 0 saturated carbocycles. The zero-order valence-electron chi connectivity index (χ0n) is 19.7. The van der Waals surface area contributed by atoms with Crippen LogP contribution in [0.4, 0.5) is 0 Å². The number of fused-ring (bicyclic) bond motifs is 3. The summed E-state index contributed by atoms with van der Waals surface area (Å²) >= 11 is 0. The van der Waals surface area contributed by atoms with Crippen molar-refractivity contribution < 1.29 is 33.6 Å². The third-order valence-corrected chi connectivity index (χ3v) is 5.52. The third-order valence-electron chi connectivity index (χ3n) is 5.52. The molecule has 1 aliphatic heterocycles. The molecule has 0 radical (unpaired) electrons. The molecule has 1 atom stereocenters. The Labute approximate surface area is 191 Å². The van der Waals surface area contributed by atoms with Gasteiger partial charge in [-0.2, -0.15) is 0 Å². The van der Waals surface area contributed by atoms with E-state index in [2.05, 4.69) is 9.97 Å². The summed E-state index contributed by atoms with van der Waals surface area (Å²) in [7, 11) is 4.21. The van der Waals surface area contributed by atoms with Crippen molar-refractivity contribution in [2.45, 2.75) is 33.1 Å². The van der Waals surface area contributed by atoms with Gasteiger partial charge in [0.05, 0.1) is 33.1 Å². The van der Waals surface area contributed by atoms with Crippen LogP contribution in [-0.4, -0.2) is 62.2 Å². The first-order valence-electron chi connectivity index (χ1n) is 10.5. The van der Waals surface area contributed by atoms with Crippen molar-refractivity contribution in [1.82, 2.24) is 9.97 Å². The van der Waals surface area contributed by atoms with E-state index < -0.39 is 28.3 Å². The Balaban J connectivity index is 2.23. The highest BCUT2D eigenvalue weighted by atomic mass is 16.5. The number of aromatic hydroxyl groups is 1. The van der Waals surface area contributed by atoms with Crippen LogP contribution in [0, 0.1) is 5.41 Å². The van der Waals surface area contributed by atoms with Gasteiger partial charge < -0.3 is 33.8 Å². The number of nitrogens with one attached hydrogen (secondary N) is 1. The standard InChI is InChI=1S/C23H30N2O8/c1-23(2,3)12-11-33-13-10-14(32-9-7-8-29-4)21(30-5)25-17(13)18-15(12)19(26)16(20(27)24-18)22(28)31-6/h10,12H,7-9,11H2,1-6H3,(H2,24,26,27)/t12-/m0/s1. The van der Waals surface area contributed by atoms with Gasteiger partial charge in [-0.25, -0.2) is 9.78 Å². The highest BCUT2D eigenvalue weighted by molar-refractivity contribution is 5.93. The maximum atomic E-state index is 12.8. The molecule has 0 unspecified atom stereocenters. The van der Waals surface area contributed by atoms with Gasteiger partial charge in [0, 0.05) is 37.7 Å². The van der Waals surface area contributed by atoms with Crippen LogP contribution in [0.3, 0.4) is 0 Å². The summed E-state index contributed by atoms with van der Waals surface area (Å²) in [5.41, 5.74) is -0.782. The maximum absolute atomic E-state index is 12.8. The predicted octanol–water partition coefficient (Wildman–Crippen LogP) is 2.88. The Morgan fingerprint density at radius 3 is 2.61 bits per heavy atom. The van der Waals surface area contributed by atoms with Crippen LogP contribution in [0.15, 0.2) is 10.9 Å². The lowest BCUT2D eigenvalue weighted by atomic mass is 9.75. The summed E-state index contributed by atoms with van der Waals surface area (Å²) in [6.07, 6.45) is 0.671. The molecule has 2 N–H and O–H groups in total. The summed E-state index contributed by atoms with van der Waals surface area (Å²) in [6.45, 7) is 7.01. The molecule has 0 bridgehead atoms. The van der Waals surface area contributed by atoms with E-state index in [4.69, 9.17) is 23.7 Å². The number of methoxy groups -OCH3 is 3. The average Bonchev–Trinajstić information content (AvgIpc) is 2.92. The molecule has 10 heteroatoms. The Hall–Kier alpha value is -3.27. The minimum Gasteiger partial charge on any atom is -0.506 e. The van der Waals surface area contributed by atoms with Crippen LogP contribution in [0.1, 0.15) is 49.0 Å². The Kier molecular flexibility index (Phi) is 7.16. The second-order valence-electron chi connectivity index (χ2n) is 8.72. The number of H-pyrrole nitrogens is 1. The van der Waals surface area contributed by atoms with Crippen molar-refractivity contribution in [3.05, 3.63) is 27.5 Å². The molecule has 1 aliphatic rings. The van der Waals surface area contributed by atoms with E-state index in [9.17, 15) is 14.7 Å². The number of pyridine rings is 2. The van der Waals surface area contributed by atoms with Gasteiger partial charge in [-0.1, -0.05) is 20.8 Å². The fourth-order valence-corrected chi connectivity index (χ4v) is 3.75. The van der Waals surface area contributed by atoms with Gasteiger partial charge in [0.1, 0.15) is 11.4 Å². The fourth-order valence-electron chi connectivity index (χ4n) is 3.75. The topological polar surface area (TPSA) is 129 Å². The lowest BCUT2D eigenvalue weighted by Gasteiger charge is -2.31. The molecule has 0 aromatic carbocycles. The second kappa shape index (κ2) is 9.70. The first-order valence-corrected chi connectivity index (χ1v) is 10.5. The molecule has 0 spiro atoms. The molecule has 0 fully saturated rings.